The van der Waals surface area contributed by atoms with Crippen molar-refractivity contribution in [2.24, 2.45) is 0 Å². The molecule has 0 fully saturated rings. The number of aryl methyl sites for hydroxylation is 1. The Morgan fingerprint density at radius 2 is 2.00 bits per heavy atom. The van der Waals surface area contributed by atoms with Crippen LogP contribution in [0.1, 0.15) is 21.5 Å². The van der Waals surface area contributed by atoms with E-state index in [1.54, 1.807) is 12.1 Å². The van der Waals surface area contributed by atoms with Crippen LogP contribution in [0.2, 0.25) is 0 Å². The first kappa shape index (κ1) is 14.6. The number of phenols is 1. The summed E-state index contributed by atoms with van der Waals surface area (Å²) in [5.41, 5.74) is 4.30. The smallest absolute Gasteiger partial charge is 0.278 e. The number of hydrogen-bond donors (Lipinski definition) is 2. The van der Waals surface area contributed by atoms with Crippen LogP contribution in [-0.2, 0) is 11.4 Å². The van der Waals surface area contributed by atoms with Gasteiger partial charge < -0.3 is 5.11 Å². The van der Waals surface area contributed by atoms with Gasteiger partial charge in [0.2, 0.25) is 0 Å². The van der Waals surface area contributed by atoms with E-state index in [1.807, 2.05) is 37.3 Å². The second kappa shape index (κ2) is 6.54. The number of amides is 1. The highest BCUT2D eigenvalue weighted by Gasteiger charge is 2.14. The maximum atomic E-state index is 11.9. The van der Waals surface area contributed by atoms with Crippen LogP contribution in [0.25, 0.3) is 0 Å². The van der Waals surface area contributed by atoms with Crippen LogP contribution < -0.4 is 5.48 Å². The lowest BCUT2D eigenvalue weighted by Gasteiger charge is -2.09. The molecule has 1 amide bonds. The Morgan fingerprint density at radius 3 is 2.70 bits per heavy atom. The highest BCUT2D eigenvalue weighted by atomic mass is 79.9. The van der Waals surface area contributed by atoms with Gasteiger partial charge in [0, 0.05) is 0 Å². The van der Waals surface area contributed by atoms with Crippen molar-refractivity contribution in [3.63, 3.8) is 0 Å². The van der Waals surface area contributed by atoms with Gasteiger partial charge in [-0.25, -0.2) is 5.48 Å². The molecule has 2 N–H and O–H groups in total. The standard InChI is InChI=1S/C15H14BrNO3/c1-10-7-12(14(18)13(16)8-10)15(19)17-20-9-11-5-3-2-4-6-11/h2-8,18H,9H2,1H3,(H,17,19). The number of carbonyl (C=O) groups is 1. The summed E-state index contributed by atoms with van der Waals surface area (Å²) in [6.07, 6.45) is 0. The molecular weight excluding hydrogens is 322 g/mol. The average molecular weight is 336 g/mol. The van der Waals surface area contributed by atoms with E-state index in [4.69, 9.17) is 4.84 Å². The Hall–Kier alpha value is -1.85. The number of hydrogen-bond acceptors (Lipinski definition) is 3. The molecule has 0 heterocycles. The number of halogens is 1. The topological polar surface area (TPSA) is 58.6 Å². The fraction of sp³-hybridized carbons (Fsp3) is 0.133. The average Bonchev–Trinajstić information content (AvgIpc) is 2.44. The zero-order valence-electron chi connectivity index (χ0n) is 10.9. The van der Waals surface area contributed by atoms with E-state index < -0.39 is 5.91 Å². The molecule has 5 heteroatoms. The molecule has 0 bridgehead atoms. The minimum atomic E-state index is -0.483. The Labute approximate surface area is 125 Å². The van der Waals surface area contributed by atoms with E-state index in [9.17, 15) is 9.90 Å². The molecule has 0 radical (unpaired) electrons. The number of benzene rings is 2. The fourth-order valence-corrected chi connectivity index (χ4v) is 2.30. The largest absolute Gasteiger partial charge is 0.506 e. The van der Waals surface area contributed by atoms with Crippen LogP contribution in [0, 0.1) is 6.92 Å². The predicted octanol–water partition coefficient (Wildman–Crippen LogP) is 3.32. The van der Waals surface area contributed by atoms with Crippen molar-refractivity contribution in [3.8, 4) is 5.75 Å². The summed E-state index contributed by atoms with van der Waals surface area (Å²) in [4.78, 5) is 17.1. The van der Waals surface area contributed by atoms with Gasteiger partial charge in [0.25, 0.3) is 5.91 Å². The van der Waals surface area contributed by atoms with Crippen molar-refractivity contribution >= 4 is 21.8 Å². The first-order valence-corrected chi connectivity index (χ1v) is 6.82. The summed E-state index contributed by atoms with van der Waals surface area (Å²) in [5.74, 6) is -0.584. The van der Waals surface area contributed by atoms with Gasteiger partial charge in [0.05, 0.1) is 16.6 Å². The molecule has 20 heavy (non-hydrogen) atoms. The number of aromatic hydroxyl groups is 1. The highest BCUT2D eigenvalue weighted by molar-refractivity contribution is 9.10. The summed E-state index contributed by atoms with van der Waals surface area (Å²) in [6, 6.07) is 12.8. The van der Waals surface area contributed by atoms with Crippen LogP contribution in [0.15, 0.2) is 46.9 Å². The Kier molecular flexibility index (Phi) is 4.76. The molecule has 0 aromatic heterocycles. The fourth-order valence-electron chi connectivity index (χ4n) is 1.72. The number of nitrogens with one attached hydrogen (secondary N) is 1. The third-order valence-electron chi connectivity index (χ3n) is 2.70. The van der Waals surface area contributed by atoms with Crippen molar-refractivity contribution in [2.75, 3.05) is 0 Å². The Balaban J connectivity index is 1.99. The Morgan fingerprint density at radius 1 is 1.30 bits per heavy atom. The van der Waals surface area contributed by atoms with Gasteiger partial charge in [-0.3, -0.25) is 9.63 Å². The first-order valence-electron chi connectivity index (χ1n) is 6.03. The third kappa shape index (κ3) is 3.59. The van der Waals surface area contributed by atoms with Crippen molar-refractivity contribution in [1.82, 2.24) is 5.48 Å². The molecule has 0 saturated heterocycles. The van der Waals surface area contributed by atoms with Crippen molar-refractivity contribution in [3.05, 3.63) is 63.6 Å². The van der Waals surface area contributed by atoms with E-state index in [0.717, 1.165) is 11.1 Å². The minimum Gasteiger partial charge on any atom is -0.506 e. The van der Waals surface area contributed by atoms with Crippen LogP contribution in [0.4, 0.5) is 0 Å². The second-order valence-corrected chi connectivity index (χ2v) is 5.20. The Bertz CT molecular complexity index is 614. The van der Waals surface area contributed by atoms with E-state index in [-0.39, 0.29) is 17.9 Å². The lowest BCUT2D eigenvalue weighted by Crippen LogP contribution is -2.23. The lowest BCUT2D eigenvalue weighted by molar-refractivity contribution is 0.0231. The van der Waals surface area contributed by atoms with Gasteiger partial charge in [-0.15, -0.1) is 0 Å². The summed E-state index contributed by atoms with van der Waals surface area (Å²) in [7, 11) is 0. The van der Waals surface area contributed by atoms with Gasteiger partial charge in [-0.1, -0.05) is 30.3 Å². The molecule has 0 atom stereocenters. The monoisotopic (exact) mass is 335 g/mol. The maximum Gasteiger partial charge on any atom is 0.278 e. The zero-order chi connectivity index (χ0) is 14.5. The number of carbonyl (C=O) groups excluding carboxylic acids is 1. The zero-order valence-corrected chi connectivity index (χ0v) is 12.5. The minimum absolute atomic E-state index is 0.101. The van der Waals surface area contributed by atoms with Gasteiger partial charge in [-0.2, -0.15) is 0 Å². The van der Waals surface area contributed by atoms with Gasteiger partial charge >= 0.3 is 0 Å². The molecule has 104 valence electrons. The molecule has 0 aliphatic heterocycles. The molecular formula is C15H14BrNO3. The van der Waals surface area contributed by atoms with Gasteiger partial charge in [-0.05, 0) is 46.1 Å². The van der Waals surface area contributed by atoms with Crippen molar-refractivity contribution in [2.45, 2.75) is 13.5 Å². The van der Waals surface area contributed by atoms with Crippen molar-refractivity contribution in [1.29, 1.82) is 0 Å². The maximum absolute atomic E-state index is 11.9. The summed E-state index contributed by atoms with van der Waals surface area (Å²) >= 11 is 3.20. The molecule has 4 nitrogen and oxygen atoms in total. The lowest BCUT2D eigenvalue weighted by atomic mass is 10.1. The summed E-state index contributed by atoms with van der Waals surface area (Å²) in [5, 5.41) is 9.85. The van der Waals surface area contributed by atoms with E-state index in [2.05, 4.69) is 21.4 Å². The molecule has 0 saturated carbocycles. The van der Waals surface area contributed by atoms with Crippen LogP contribution in [-0.4, -0.2) is 11.0 Å². The molecule has 0 aliphatic carbocycles. The third-order valence-corrected chi connectivity index (χ3v) is 3.30. The van der Waals surface area contributed by atoms with E-state index >= 15 is 0 Å². The molecule has 0 unspecified atom stereocenters. The van der Waals surface area contributed by atoms with Gasteiger partial charge in [0.15, 0.2) is 0 Å². The van der Waals surface area contributed by atoms with E-state index in [1.165, 1.54) is 0 Å². The number of phenolic OH excluding ortho intramolecular Hbond substituents is 1. The summed E-state index contributed by atoms with van der Waals surface area (Å²) in [6.45, 7) is 2.10. The van der Waals surface area contributed by atoms with Crippen LogP contribution in [0.5, 0.6) is 5.75 Å². The van der Waals surface area contributed by atoms with Crippen LogP contribution in [0.3, 0.4) is 0 Å². The van der Waals surface area contributed by atoms with Crippen molar-refractivity contribution < 1.29 is 14.7 Å². The molecule has 0 aliphatic rings. The van der Waals surface area contributed by atoms with Gasteiger partial charge in [0.1, 0.15) is 5.75 Å². The quantitative estimate of drug-likeness (QED) is 0.842. The predicted molar refractivity (Wildman–Crippen MR) is 79.2 cm³/mol. The SMILES string of the molecule is Cc1cc(Br)c(O)c(C(=O)NOCc2ccccc2)c1. The highest BCUT2D eigenvalue weighted by Crippen LogP contribution is 2.29. The number of hydroxylamine groups is 1. The number of rotatable bonds is 4. The molecule has 2 aromatic rings. The molecule has 2 rings (SSSR count). The van der Waals surface area contributed by atoms with Crippen LogP contribution >= 0.6 is 15.9 Å². The second-order valence-electron chi connectivity index (χ2n) is 4.35. The normalized spacial score (nSPS) is 10.3. The van der Waals surface area contributed by atoms with E-state index in [0.29, 0.717) is 4.47 Å². The first-order chi connectivity index (χ1) is 9.58. The molecule has 2 aromatic carbocycles. The summed E-state index contributed by atoms with van der Waals surface area (Å²) < 4.78 is 0.478. The molecule has 0 spiro atoms.